The van der Waals surface area contributed by atoms with E-state index < -0.39 is 5.54 Å². The molecule has 0 spiro atoms. The molecule has 0 bridgehead atoms. The third-order valence-corrected chi connectivity index (χ3v) is 4.62. The first kappa shape index (κ1) is 17.8. The van der Waals surface area contributed by atoms with Crippen LogP contribution in [0.15, 0.2) is 5.11 Å². The van der Waals surface area contributed by atoms with Crippen molar-refractivity contribution in [3.8, 4) is 0 Å². The van der Waals surface area contributed by atoms with E-state index in [1.165, 1.54) is 7.11 Å². The summed E-state index contributed by atoms with van der Waals surface area (Å²) in [6.45, 7) is 7.63. The van der Waals surface area contributed by atoms with Gasteiger partial charge in [0.25, 0.3) is 0 Å². The number of hydrogen-bond acceptors (Lipinski definition) is 4. The maximum absolute atomic E-state index is 12.3. The molecule has 1 rings (SSSR count). The Kier molecular flexibility index (Phi) is 6.49. The molecule has 1 N–H and O–H groups in total. The first-order chi connectivity index (χ1) is 9.85. The van der Waals surface area contributed by atoms with Crippen LogP contribution in [-0.2, 0) is 9.53 Å². The van der Waals surface area contributed by atoms with Crippen molar-refractivity contribution in [3.63, 3.8) is 0 Å². The highest BCUT2D eigenvalue weighted by molar-refractivity contribution is 5.80. The highest BCUT2D eigenvalue weighted by atomic mass is 16.5. The fraction of sp³-hybridized carbons (Fsp3) is 0.933. The van der Waals surface area contributed by atoms with Crippen molar-refractivity contribution in [2.75, 3.05) is 20.2 Å². The van der Waals surface area contributed by atoms with Gasteiger partial charge in [0.15, 0.2) is 0 Å². The van der Waals surface area contributed by atoms with Crippen LogP contribution in [0.2, 0.25) is 0 Å². The molecule has 1 aliphatic rings. The van der Waals surface area contributed by atoms with Crippen LogP contribution >= 0.6 is 0 Å². The van der Waals surface area contributed by atoms with Gasteiger partial charge in [-0.3, -0.25) is 4.79 Å². The fourth-order valence-corrected chi connectivity index (χ4v) is 3.24. The third-order valence-electron chi connectivity index (χ3n) is 4.62. The predicted molar refractivity (Wildman–Crippen MR) is 82.8 cm³/mol. The van der Waals surface area contributed by atoms with Crippen molar-refractivity contribution in [1.29, 1.82) is 0 Å². The summed E-state index contributed by atoms with van der Waals surface area (Å²) in [5, 5.41) is 6.81. The molecule has 0 radical (unpaired) electrons. The zero-order valence-corrected chi connectivity index (χ0v) is 13.7. The Balaban J connectivity index is 2.78. The highest BCUT2D eigenvalue weighted by Crippen LogP contribution is 2.40. The number of esters is 1. The Morgan fingerprint density at radius 3 is 2.71 bits per heavy atom. The van der Waals surface area contributed by atoms with E-state index >= 15 is 0 Å². The van der Waals surface area contributed by atoms with Gasteiger partial charge in [-0.1, -0.05) is 32.3 Å². The van der Waals surface area contributed by atoms with Crippen molar-refractivity contribution in [1.82, 2.24) is 5.32 Å². The average Bonchev–Trinajstić information content (AvgIpc) is 2.66. The number of carbonyl (C=O) groups excluding carboxylic acids is 1. The minimum Gasteiger partial charge on any atom is -0.468 e. The maximum atomic E-state index is 12.3. The molecule has 6 nitrogen and oxygen atoms in total. The van der Waals surface area contributed by atoms with Gasteiger partial charge in [-0.05, 0) is 42.5 Å². The lowest BCUT2D eigenvalue weighted by Crippen LogP contribution is -2.53. The quantitative estimate of drug-likeness (QED) is 0.210. The summed E-state index contributed by atoms with van der Waals surface area (Å²) in [7, 11) is 1.44. The van der Waals surface area contributed by atoms with Gasteiger partial charge in [-0.25, -0.2) is 0 Å². The first-order valence-electron chi connectivity index (χ1n) is 7.70. The van der Waals surface area contributed by atoms with Crippen molar-refractivity contribution in [2.45, 2.75) is 58.4 Å². The van der Waals surface area contributed by atoms with Gasteiger partial charge in [-0.2, -0.15) is 0 Å². The Morgan fingerprint density at radius 2 is 2.14 bits per heavy atom. The standard InChI is InChI=1S/C15H28N4O2/c1-14(2,3)12-6-5-8-15(9-7-12,13(20)21-4)17-10-11-18-19-16/h12,17H,5-11H2,1-4H3. The van der Waals surface area contributed by atoms with Crippen LogP contribution in [0.5, 0.6) is 0 Å². The molecule has 0 aromatic carbocycles. The molecular weight excluding hydrogens is 268 g/mol. The summed E-state index contributed by atoms with van der Waals surface area (Å²) in [5.74, 6) is 0.418. The van der Waals surface area contributed by atoms with Gasteiger partial charge < -0.3 is 10.1 Å². The number of carbonyl (C=O) groups is 1. The molecule has 0 saturated heterocycles. The summed E-state index contributed by atoms with van der Waals surface area (Å²) in [5.41, 5.74) is 7.97. The topological polar surface area (TPSA) is 87.1 Å². The van der Waals surface area contributed by atoms with Crippen LogP contribution in [0.1, 0.15) is 52.9 Å². The summed E-state index contributed by atoms with van der Waals surface area (Å²) in [6.07, 6.45) is 4.71. The largest absolute Gasteiger partial charge is 0.468 e. The van der Waals surface area contributed by atoms with Gasteiger partial charge in [0, 0.05) is 18.0 Å². The molecule has 6 heteroatoms. The second-order valence-electron chi connectivity index (χ2n) is 6.95. The summed E-state index contributed by atoms with van der Waals surface area (Å²) in [4.78, 5) is 15.0. The Labute approximate surface area is 127 Å². The van der Waals surface area contributed by atoms with Gasteiger partial charge in [-0.15, -0.1) is 0 Å². The third kappa shape index (κ3) is 4.90. The molecule has 0 aromatic heterocycles. The molecular formula is C15H28N4O2. The van der Waals surface area contributed by atoms with Gasteiger partial charge in [0.05, 0.1) is 7.11 Å². The Bertz CT molecular complexity index is 399. The van der Waals surface area contributed by atoms with Gasteiger partial charge in [0.2, 0.25) is 0 Å². The van der Waals surface area contributed by atoms with Gasteiger partial charge in [0.1, 0.15) is 5.54 Å². The van der Waals surface area contributed by atoms with E-state index in [0.29, 0.717) is 19.0 Å². The lowest BCUT2D eigenvalue weighted by molar-refractivity contribution is -0.149. The summed E-state index contributed by atoms with van der Waals surface area (Å²) < 4.78 is 5.02. The molecule has 1 aliphatic carbocycles. The van der Waals surface area contributed by atoms with Crippen molar-refractivity contribution in [2.24, 2.45) is 16.4 Å². The molecule has 120 valence electrons. The monoisotopic (exact) mass is 296 g/mol. The van der Waals surface area contributed by atoms with E-state index in [0.717, 1.165) is 32.1 Å². The Morgan fingerprint density at radius 1 is 1.43 bits per heavy atom. The zero-order valence-electron chi connectivity index (χ0n) is 13.7. The number of azide groups is 1. The number of ether oxygens (including phenoxy) is 1. The summed E-state index contributed by atoms with van der Waals surface area (Å²) >= 11 is 0. The number of nitrogens with zero attached hydrogens (tertiary/aromatic N) is 3. The average molecular weight is 296 g/mol. The molecule has 2 unspecified atom stereocenters. The van der Waals surface area contributed by atoms with E-state index in [-0.39, 0.29) is 11.4 Å². The normalized spacial score (nSPS) is 26.6. The van der Waals surface area contributed by atoms with Crippen LogP contribution < -0.4 is 5.32 Å². The first-order valence-corrected chi connectivity index (χ1v) is 7.70. The van der Waals surface area contributed by atoms with E-state index in [1.54, 1.807) is 0 Å². The van der Waals surface area contributed by atoms with Crippen LogP contribution in [-0.4, -0.2) is 31.7 Å². The van der Waals surface area contributed by atoms with Crippen LogP contribution in [0, 0.1) is 11.3 Å². The minimum atomic E-state index is -0.625. The van der Waals surface area contributed by atoms with E-state index in [2.05, 4.69) is 36.1 Å². The molecule has 21 heavy (non-hydrogen) atoms. The number of methoxy groups -OCH3 is 1. The number of rotatable bonds is 5. The van der Waals surface area contributed by atoms with Gasteiger partial charge >= 0.3 is 5.97 Å². The predicted octanol–water partition coefficient (Wildman–Crippen LogP) is 3.42. The molecule has 1 saturated carbocycles. The van der Waals surface area contributed by atoms with Crippen molar-refractivity contribution in [3.05, 3.63) is 10.4 Å². The molecule has 0 amide bonds. The smallest absolute Gasteiger partial charge is 0.326 e. The van der Waals surface area contributed by atoms with Crippen molar-refractivity contribution >= 4 is 5.97 Å². The highest BCUT2D eigenvalue weighted by Gasteiger charge is 2.42. The van der Waals surface area contributed by atoms with E-state index in [1.807, 2.05) is 0 Å². The second kappa shape index (κ2) is 7.66. The fourth-order valence-electron chi connectivity index (χ4n) is 3.24. The lowest BCUT2D eigenvalue weighted by atomic mass is 9.76. The molecule has 1 fully saturated rings. The number of hydrogen-bond donors (Lipinski definition) is 1. The van der Waals surface area contributed by atoms with Crippen LogP contribution in [0.4, 0.5) is 0 Å². The minimum absolute atomic E-state index is 0.196. The van der Waals surface area contributed by atoms with E-state index in [9.17, 15) is 4.79 Å². The maximum Gasteiger partial charge on any atom is 0.326 e. The molecule has 0 aliphatic heterocycles. The van der Waals surface area contributed by atoms with E-state index in [4.69, 9.17) is 10.3 Å². The van der Waals surface area contributed by atoms with Crippen molar-refractivity contribution < 1.29 is 9.53 Å². The number of nitrogens with one attached hydrogen (secondary N) is 1. The summed E-state index contributed by atoms with van der Waals surface area (Å²) in [6, 6.07) is 0. The zero-order chi connectivity index (χ0) is 15.9. The SMILES string of the molecule is COC(=O)C1(NCCN=[N+]=[N-])CCCC(C(C)(C)C)CC1. The van der Waals surface area contributed by atoms with Crippen LogP contribution in [0.25, 0.3) is 10.4 Å². The molecule has 2 atom stereocenters. The Hall–Kier alpha value is -1.26. The second-order valence-corrected chi connectivity index (χ2v) is 6.95. The van der Waals surface area contributed by atoms with Crippen LogP contribution in [0.3, 0.4) is 0 Å². The lowest BCUT2D eigenvalue weighted by Gasteiger charge is -2.32. The molecule has 0 heterocycles. The molecule has 0 aromatic rings.